The summed E-state index contributed by atoms with van der Waals surface area (Å²) in [5.41, 5.74) is 1.11. The molecule has 1 fully saturated rings. The third-order valence-corrected chi connectivity index (χ3v) is 3.88. The maximum Gasteiger partial charge on any atom is 0.133 e. The lowest BCUT2D eigenvalue weighted by atomic mass is 10.2. The Labute approximate surface area is 161 Å². The zero-order valence-electron chi connectivity index (χ0n) is 13.3. The number of aliphatic hydroxyl groups excluding tert-OH is 1. The number of nitrogens with zero attached hydrogens (tertiary/aromatic N) is 3. The van der Waals surface area contributed by atoms with Crippen LogP contribution in [0.1, 0.15) is 17.6 Å². The van der Waals surface area contributed by atoms with Crippen LogP contribution in [0.3, 0.4) is 0 Å². The zero-order chi connectivity index (χ0) is 14.5. The molecule has 1 N–H and O–H groups in total. The average Bonchev–Trinajstić information content (AvgIpc) is 3.05. The fourth-order valence-corrected chi connectivity index (χ4v) is 2.67. The van der Waals surface area contributed by atoms with Crippen LogP contribution in [-0.4, -0.2) is 52.6 Å². The van der Waals surface area contributed by atoms with Gasteiger partial charge in [0.2, 0.25) is 0 Å². The van der Waals surface area contributed by atoms with Crippen molar-refractivity contribution in [3.63, 3.8) is 0 Å². The van der Waals surface area contributed by atoms with Gasteiger partial charge in [-0.15, -0.1) is 37.2 Å². The number of furan rings is 1. The van der Waals surface area contributed by atoms with E-state index in [1.807, 2.05) is 30.5 Å². The summed E-state index contributed by atoms with van der Waals surface area (Å²) in [7, 11) is 0. The lowest BCUT2D eigenvalue weighted by molar-refractivity contribution is 0.0594. The molecular formula is C16H24Cl3N3O2. The van der Waals surface area contributed by atoms with Gasteiger partial charge in [-0.2, -0.15) is 0 Å². The Kier molecular flexibility index (Phi) is 11.3. The van der Waals surface area contributed by atoms with Crippen LogP contribution in [0.4, 0.5) is 0 Å². The normalized spacial score (nSPS) is 16.4. The summed E-state index contributed by atoms with van der Waals surface area (Å²) in [6, 6.07) is 9.66. The van der Waals surface area contributed by atoms with Crippen molar-refractivity contribution in [3.8, 4) is 0 Å². The maximum absolute atomic E-state index is 10.1. The quantitative estimate of drug-likeness (QED) is 0.842. The molecule has 1 atom stereocenters. The van der Waals surface area contributed by atoms with Crippen molar-refractivity contribution in [2.24, 2.45) is 0 Å². The van der Waals surface area contributed by atoms with Crippen LogP contribution in [0.25, 0.3) is 0 Å². The smallest absolute Gasteiger partial charge is 0.133 e. The van der Waals surface area contributed by atoms with Crippen molar-refractivity contribution in [1.29, 1.82) is 0 Å². The first-order valence-electron chi connectivity index (χ1n) is 7.37. The number of aromatic nitrogens is 1. The molecule has 2 aromatic rings. The molecule has 0 saturated carbocycles. The second-order valence-electron chi connectivity index (χ2n) is 5.43. The number of β-amino-alcohol motifs (C(OH)–C–C–N with tert-alkyl or cyclic N) is 1. The third kappa shape index (κ3) is 6.59. The van der Waals surface area contributed by atoms with Crippen LogP contribution in [-0.2, 0) is 6.54 Å². The van der Waals surface area contributed by atoms with Crippen molar-refractivity contribution < 1.29 is 9.52 Å². The molecule has 1 saturated heterocycles. The monoisotopic (exact) mass is 395 g/mol. The Bertz CT molecular complexity index is 535. The van der Waals surface area contributed by atoms with Crippen LogP contribution >= 0.6 is 37.2 Å². The number of piperazine rings is 1. The molecule has 1 unspecified atom stereocenters. The van der Waals surface area contributed by atoms with E-state index in [0.29, 0.717) is 12.3 Å². The molecule has 0 spiro atoms. The Hall–Kier alpha value is -0.820. The fraction of sp³-hybridized carbons (Fsp3) is 0.438. The van der Waals surface area contributed by atoms with Gasteiger partial charge in [0, 0.05) is 45.5 Å². The Morgan fingerprint density at radius 3 is 2.29 bits per heavy atom. The Morgan fingerprint density at radius 1 is 1.00 bits per heavy atom. The van der Waals surface area contributed by atoms with Crippen molar-refractivity contribution >= 4 is 37.2 Å². The average molecular weight is 397 g/mol. The molecule has 24 heavy (non-hydrogen) atoms. The van der Waals surface area contributed by atoms with E-state index in [4.69, 9.17) is 4.42 Å². The van der Waals surface area contributed by atoms with Crippen LogP contribution in [0, 0.1) is 0 Å². The van der Waals surface area contributed by atoms with Crippen LogP contribution in [0.2, 0.25) is 0 Å². The molecule has 0 amide bonds. The zero-order valence-corrected chi connectivity index (χ0v) is 15.7. The number of hydrogen-bond acceptors (Lipinski definition) is 5. The molecular weight excluding hydrogens is 373 g/mol. The van der Waals surface area contributed by atoms with Gasteiger partial charge in [-0.3, -0.25) is 14.8 Å². The van der Waals surface area contributed by atoms with E-state index in [-0.39, 0.29) is 37.2 Å². The van der Waals surface area contributed by atoms with Gasteiger partial charge in [0.05, 0.1) is 12.0 Å². The lowest BCUT2D eigenvalue weighted by Crippen LogP contribution is -2.47. The van der Waals surface area contributed by atoms with Gasteiger partial charge in [0.1, 0.15) is 11.9 Å². The first-order valence-corrected chi connectivity index (χ1v) is 7.37. The van der Waals surface area contributed by atoms with E-state index in [2.05, 4.69) is 20.9 Å². The van der Waals surface area contributed by atoms with Gasteiger partial charge in [0.15, 0.2) is 0 Å². The highest BCUT2D eigenvalue weighted by atomic mass is 35.5. The first-order chi connectivity index (χ1) is 10.3. The predicted octanol–water partition coefficient (Wildman–Crippen LogP) is 2.79. The minimum Gasteiger partial charge on any atom is -0.467 e. The van der Waals surface area contributed by atoms with Crippen LogP contribution in [0.15, 0.2) is 47.2 Å². The fourth-order valence-electron chi connectivity index (χ4n) is 2.67. The molecule has 0 radical (unpaired) electrons. The summed E-state index contributed by atoms with van der Waals surface area (Å²) in [6.45, 7) is 5.46. The maximum atomic E-state index is 10.1. The second kappa shape index (κ2) is 11.7. The van der Waals surface area contributed by atoms with Crippen molar-refractivity contribution in [2.75, 3.05) is 32.7 Å². The van der Waals surface area contributed by atoms with Gasteiger partial charge in [-0.25, -0.2) is 0 Å². The molecule has 0 aliphatic carbocycles. The summed E-state index contributed by atoms with van der Waals surface area (Å²) in [4.78, 5) is 9.05. The lowest BCUT2D eigenvalue weighted by Gasteiger charge is -2.35. The van der Waals surface area contributed by atoms with Gasteiger partial charge >= 0.3 is 0 Å². The molecule has 5 nitrogen and oxygen atoms in total. The van der Waals surface area contributed by atoms with Gasteiger partial charge in [0.25, 0.3) is 0 Å². The molecule has 1 aliphatic rings. The van der Waals surface area contributed by atoms with Crippen molar-refractivity contribution in [2.45, 2.75) is 12.6 Å². The molecule has 2 aromatic heterocycles. The number of rotatable bonds is 5. The van der Waals surface area contributed by atoms with E-state index in [1.54, 1.807) is 6.26 Å². The van der Waals surface area contributed by atoms with Crippen molar-refractivity contribution in [3.05, 3.63) is 54.2 Å². The van der Waals surface area contributed by atoms with E-state index in [1.165, 1.54) is 0 Å². The number of aliphatic hydroxyl groups is 1. The highest BCUT2D eigenvalue weighted by molar-refractivity contribution is 5.86. The Morgan fingerprint density at radius 2 is 1.71 bits per heavy atom. The Balaban J connectivity index is 0.00000176. The second-order valence-corrected chi connectivity index (χ2v) is 5.43. The SMILES string of the molecule is Cl.Cl.Cl.OC(CN1CCN(Cc2ccccn2)CC1)c1ccco1. The first kappa shape index (κ1) is 23.2. The number of pyridine rings is 1. The minimum absolute atomic E-state index is 0. The molecule has 1 aliphatic heterocycles. The summed E-state index contributed by atoms with van der Waals surface area (Å²) in [5, 5.41) is 10.1. The largest absolute Gasteiger partial charge is 0.467 e. The van der Waals surface area contributed by atoms with E-state index < -0.39 is 6.10 Å². The van der Waals surface area contributed by atoms with E-state index in [9.17, 15) is 5.11 Å². The van der Waals surface area contributed by atoms with Crippen LogP contribution < -0.4 is 0 Å². The number of halogens is 3. The summed E-state index contributed by atoms with van der Waals surface area (Å²) in [5.74, 6) is 0.644. The summed E-state index contributed by atoms with van der Waals surface area (Å²) < 4.78 is 5.24. The summed E-state index contributed by atoms with van der Waals surface area (Å²) in [6.07, 6.45) is 2.90. The molecule has 136 valence electrons. The number of hydrogen-bond donors (Lipinski definition) is 1. The third-order valence-electron chi connectivity index (χ3n) is 3.88. The molecule has 3 heterocycles. The van der Waals surface area contributed by atoms with Crippen molar-refractivity contribution in [1.82, 2.24) is 14.8 Å². The molecule has 0 bridgehead atoms. The standard InChI is InChI=1S/C16H21N3O2.3ClH/c20-15(16-5-3-11-21-16)13-19-9-7-18(8-10-19)12-14-4-1-2-6-17-14;;;/h1-6,11,15,20H,7-10,12-13H2;3*1H. The predicted molar refractivity (Wildman–Crippen MR) is 101 cm³/mol. The van der Waals surface area contributed by atoms with Gasteiger partial charge in [-0.05, 0) is 24.3 Å². The van der Waals surface area contributed by atoms with Gasteiger partial charge in [-0.1, -0.05) is 6.07 Å². The van der Waals surface area contributed by atoms with E-state index in [0.717, 1.165) is 38.4 Å². The van der Waals surface area contributed by atoms with Crippen LogP contribution in [0.5, 0.6) is 0 Å². The van der Waals surface area contributed by atoms with E-state index >= 15 is 0 Å². The molecule has 3 rings (SSSR count). The topological polar surface area (TPSA) is 52.7 Å². The highest BCUT2D eigenvalue weighted by Gasteiger charge is 2.21. The minimum atomic E-state index is -0.539. The highest BCUT2D eigenvalue weighted by Crippen LogP contribution is 2.16. The summed E-state index contributed by atoms with van der Waals surface area (Å²) >= 11 is 0. The molecule has 8 heteroatoms. The van der Waals surface area contributed by atoms with Gasteiger partial charge < -0.3 is 9.52 Å². The molecule has 0 aromatic carbocycles.